The van der Waals surface area contributed by atoms with E-state index in [1.54, 1.807) is 13.8 Å². The Balaban J connectivity index is 2.36. The first-order valence-corrected chi connectivity index (χ1v) is 13.4. The number of nitrogens with one attached hydrogen (secondary N) is 1. The van der Waals surface area contributed by atoms with Crippen molar-refractivity contribution in [2.24, 2.45) is 17.6 Å². The number of hydrogen-bond donors (Lipinski definition) is 3. The summed E-state index contributed by atoms with van der Waals surface area (Å²) in [5.74, 6) is -0.320. The summed E-state index contributed by atoms with van der Waals surface area (Å²) in [5, 5.41) is 12.5. The SMILES string of the molecule is CCCCCCCCCC(Cc1ccccc1)C(N)CCNC(=O)OCC(O)COC(=O)C(C)C. The first-order chi connectivity index (χ1) is 16.8. The molecule has 0 aromatic heterocycles. The minimum atomic E-state index is -1.05. The van der Waals surface area contributed by atoms with Gasteiger partial charge in [0.2, 0.25) is 0 Å². The molecule has 0 aliphatic rings. The lowest BCUT2D eigenvalue weighted by molar-refractivity contribution is -0.150. The maximum absolute atomic E-state index is 12.0. The van der Waals surface area contributed by atoms with Crippen LogP contribution in [0, 0.1) is 11.8 Å². The molecular weight excluding hydrogens is 444 g/mol. The predicted molar refractivity (Wildman–Crippen MR) is 140 cm³/mol. The third-order valence-corrected chi connectivity index (χ3v) is 6.17. The van der Waals surface area contributed by atoms with Crippen LogP contribution in [0.25, 0.3) is 0 Å². The maximum atomic E-state index is 12.0. The fourth-order valence-electron chi connectivity index (χ4n) is 3.94. The summed E-state index contributed by atoms with van der Waals surface area (Å²) >= 11 is 0. The predicted octanol–water partition coefficient (Wildman–Crippen LogP) is 4.99. The number of unbranched alkanes of at least 4 members (excludes halogenated alkanes) is 6. The summed E-state index contributed by atoms with van der Waals surface area (Å²) in [6.45, 7) is 5.62. The zero-order valence-electron chi connectivity index (χ0n) is 22.0. The van der Waals surface area contributed by atoms with Gasteiger partial charge < -0.3 is 25.6 Å². The number of benzene rings is 1. The Morgan fingerprint density at radius 1 is 0.943 bits per heavy atom. The molecule has 0 heterocycles. The molecule has 1 aromatic rings. The van der Waals surface area contributed by atoms with Gasteiger partial charge in [-0.3, -0.25) is 4.79 Å². The van der Waals surface area contributed by atoms with Crippen LogP contribution in [-0.4, -0.2) is 49.1 Å². The van der Waals surface area contributed by atoms with Crippen molar-refractivity contribution in [3.8, 4) is 0 Å². The van der Waals surface area contributed by atoms with Crippen molar-refractivity contribution in [1.29, 1.82) is 0 Å². The average Bonchev–Trinajstić information content (AvgIpc) is 2.85. The molecule has 7 heteroatoms. The Labute approximate surface area is 212 Å². The molecule has 3 atom stereocenters. The van der Waals surface area contributed by atoms with Crippen LogP contribution in [0.5, 0.6) is 0 Å². The number of hydrogen-bond acceptors (Lipinski definition) is 6. The molecule has 0 bridgehead atoms. The molecule has 0 saturated heterocycles. The van der Waals surface area contributed by atoms with Gasteiger partial charge in [-0.15, -0.1) is 0 Å². The molecule has 0 saturated carbocycles. The van der Waals surface area contributed by atoms with Gasteiger partial charge in [0.15, 0.2) is 0 Å². The molecule has 7 nitrogen and oxygen atoms in total. The number of alkyl carbamates (subject to hydrolysis) is 1. The zero-order valence-corrected chi connectivity index (χ0v) is 22.0. The van der Waals surface area contributed by atoms with E-state index in [-0.39, 0.29) is 25.2 Å². The highest BCUT2D eigenvalue weighted by Gasteiger charge is 2.19. The van der Waals surface area contributed by atoms with Gasteiger partial charge in [0, 0.05) is 12.6 Å². The highest BCUT2D eigenvalue weighted by atomic mass is 16.6. The van der Waals surface area contributed by atoms with Gasteiger partial charge in [-0.05, 0) is 30.7 Å². The first-order valence-electron chi connectivity index (χ1n) is 13.4. The minimum Gasteiger partial charge on any atom is -0.463 e. The van der Waals surface area contributed by atoms with Gasteiger partial charge in [-0.1, -0.05) is 96.0 Å². The number of nitrogens with two attached hydrogens (primary N) is 1. The lowest BCUT2D eigenvalue weighted by Crippen LogP contribution is -2.37. The van der Waals surface area contributed by atoms with Crippen molar-refractivity contribution in [2.45, 2.75) is 97.1 Å². The van der Waals surface area contributed by atoms with Crippen LogP contribution < -0.4 is 11.1 Å². The van der Waals surface area contributed by atoms with Crippen LogP contribution in [-0.2, 0) is 20.7 Å². The van der Waals surface area contributed by atoms with E-state index >= 15 is 0 Å². The van der Waals surface area contributed by atoms with Crippen LogP contribution in [0.15, 0.2) is 30.3 Å². The van der Waals surface area contributed by atoms with E-state index in [4.69, 9.17) is 15.2 Å². The average molecular weight is 493 g/mol. The van der Waals surface area contributed by atoms with Crippen molar-refractivity contribution in [3.63, 3.8) is 0 Å². The molecule has 0 aliphatic heterocycles. The smallest absolute Gasteiger partial charge is 0.407 e. The number of esters is 1. The quantitative estimate of drug-likeness (QED) is 0.185. The van der Waals surface area contributed by atoms with E-state index in [1.165, 1.54) is 50.5 Å². The Hall–Kier alpha value is -2.12. The molecule has 1 rings (SSSR count). The molecule has 0 aliphatic carbocycles. The van der Waals surface area contributed by atoms with Gasteiger partial charge in [0.05, 0.1) is 5.92 Å². The molecule has 1 aromatic carbocycles. The molecule has 4 N–H and O–H groups in total. The third kappa shape index (κ3) is 15.5. The molecule has 3 unspecified atom stereocenters. The van der Waals surface area contributed by atoms with Gasteiger partial charge in [0.1, 0.15) is 19.3 Å². The summed E-state index contributed by atoms with van der Waals surface area (Å²) < 4.78 is 9.95. The molecule has 0 fully saturated rings. The van der Waals surface area contributed by atoms with E-state index in [0.29, 0.717) is 18.9 Å². The van der Waals surface area contributed by atoms with Crippen molar-refractivity contribution in [3.05, 3.63) is 35.9 Å². The summed E-state index contributed by atoms with van der Waals surface area (Å²) in [6, 6.07) is 10.4. The van der Waals surface area contributed by atoms with Gasteiger partial charge in [0.25, 0.3) is 0 Å². The second-order valence-electron chi connectivity index (χ2n) is 9.78. The maximum Gasteiger partial charge on any atom is 0.407 e. The number of carbonyl (C=O) groups excluding carboxylic acids is 2. The standard InChI is InChI=1S/C28H48N2O5/c1-4-5-6-7-8-9-13-16-24(19-23-14-11-10-12-15-23)26(29)17-18-30-28(33)35-21-25(31)20-34-27(32)22(2)3/h10-12,14-15,22,24-26,31H,4-9,13,16-21,29H2,1-3H3,(H,30,33). The van der Waals surface area contributed by atoms with E-state index in [2.05, 4.69) is 36.5 Å². The number of rotatable bonds is 19. The summed E-state index contributed by atoms with van der Waals surface area (Å²) in [7, 11) is 0. The largest absolute Gasteiger partial charge is 0.463 e. The van der Waals surface area contributed by atoms with E-state index < -0.39 is 18.2 Å². The molecule has 35 heavy (non-hydrogen) atoms. The van der Waals surface area contributed by atoms with E-state index in [0.717, 1.165) is 12.8 Å². The van der Waals surface area contributed by atoms with Gasteiger partial charge >= 0.3 is 12.1 Å². The van der Waals surface area contributed by atoms with Crippen LogP contribution >= 0.6 is 0 Å². The minimum absolute atomic E-state index is 0.0309. The van der Waals surface area contributed by atoms with Crippen LogP contribution in [0.3, 0.4) is 0 Å². The van der Waals surface area contributed by atoms with Crippen LogP contribution in [0.1, 0.15) is 84.1 Å². The highest BCUT2D eigenvalue weighted by molar-refractivity contribution is 5.71. The van der Waals surface area contributed by atoms with Crippen molar-refractivity contribution < 1.29 is 24.2 Å². The Bertz CT molecular complexity index is 683. The topological polar surface area (TPSA) is 111 Å². The van der Waals surface area contributed by atoms with E-state index in [1.807, 2.05) is 6.07 Å². The van der Waals surface area contributed by atoms with Gasteiger partial charge in [-0.25, -0.2) is 4.79 Å². The van der Waals surface area contributed by atoms with Crippen LogP contribution in [0.2, 0.25) is 0 Å². The number of amides is 1. The van der Waals surface area contributed by atoms with Gasteiger partial charge in [-0.2, -0.15) is 0 Å². The zero-order chi connectivity index (χ0) is 25.9. The Morgan fingerprint density at radius 2 is 1.57 bits per heavy atom. The number of aliphatic hydroxyl groups is 1. The Morgan fingerprint density at radius 3 is 2.23 bits per heavy atom. The summed E-state index contributed by atoms with van der Waals surface area (Å²) in [6.07, 6.45) is 9.91. The third-order valence-electron chi connectivity index (χ3n) is 6.17. The number of ether oxygens (including phenoxy) is 2. The van der Waals surface area contributed by atoms with Crippen molar-refractivity contribution >= 4 is 12.1 Å². The molecule has 0 radical (unpaired) electrons. The summed E-state index contributed by atoms with van der Waals surface area (Å²) in [5.41, 5.74) is 7.85. The second-order valence-corrected chi connectivity index (χ2v) is 9.78. The monoisotopic (exact) mass is 492 g/mol. The normalized spacial score (nSPS) is 13.8. The summed E-state index contributed by atoms with van der Waals surface area (Å²) in [4.78, 5) is 23.4. The molecule has 200 valence electrons. The Kier molecular flexibility index (Phi) is 16.9. The molecular formula is C28H48N2O5. The lowest BCUT2D eigenvalue weighted by Gasteiger charge is -2.24. The second kappa shape index (κ2) is 19.1. The number of carbonyl (C=O) groups is 2. The van der Waals surface area contributed by atoms with Crippen molar-refractivity contribution in [2.75, 3.05) is 19.8 Å². The first kappa shape index (κ1) is 30.9. The van der Waals surface area contributed by atoms with Crippen molar-refractivity contribution in [1.82, 2.24) is 5.32 Å². The highest BCUT2D eigenvalue weighted by Crippen LogP contribution is 2.21. The van der Waals surface area contributed by atoms with E-state index in [9.17, 15) is 14.7 Å². The fraction of sp³-hybridized carbons (Fsp3) is 0.714. The van der Waals surface area contributed by atoms with Crippen LogP contribution in [0.4, 0.5) is 4.79 Å². The lowest BCUT2D eigenvalue weighted by atomic mass is 9.86. The molecule has 1 amide bonds. The fourth-order valence-corrected chi connectivity index (χ4v) is 3.94. The number of aliphatic hydroxyl groups excluding tert-OH is 1. The molecule has 0 spiro atoms.